The average Bonchev–Trinajstić information content (AvgIpc) is 3.00. The predicted molar refractivity (Wildman–Crippen MR) is 127 cm³/mol. The largest absolute Gasteiger partial charge is 0.338 e. The van der Waals surface area contributed by atoms with Gasteiger partial charge in [-0.2, -0.15) is 4.31 Å². The van der Waals surface area contributed by atoms with Gasteiger partial charge in [-0.15, -0.1) is 0 Å². The number of hydrogen-bond acceptors (Lipinski definition) is 5. The number of benzene rings is 2. The molecule has 2 aliphatic heterocycles. The minimum Gasteiger partial charge on any atom is -0.338 e. The van der Waals surface area contributed by atoms with E-state index in [1.807, 2.05) is 38.1 Å². The van der Waals surface area contributed by atoms with Gasteiger partial charge in [-0.3, -0.25) is 14.5 Å². The minimum absolute atomic E-state index is 0.145. The van der Waals surface area contributed by atoms with E-state index in [9.17, 15) is 22.8 Å². The minimum atomic E-state index is -3.70. The smallest absolute Gasteiger partial charge is 0.325 e. The summed E-state index contributed by atoms with van der Waals surface area (Å²) in [5.41, 5.74) is -1.02. The zero-order valence-electron chi connectivity index (χ0n) is 19.7. The highest BCUT2D eigenvalue weighted by Crippen LogP contribution is 2.26. The van der Waals surface area contributed by atoms with Gasteiger partial charge in [-0.1, -0.05) is 44.2 Å². The van der Waals surface area contributed by atoms with Crippen LogP contribution in [0.25, 0.3) is 10.8 Å². The maximum Gasteiger partial charge on any atom is 0.325 e. The maximum atomic E-state index is 13.1. The van der Waals surface area contributed by atoms with Crippen molar-refractivity contribution in [2.75, 3.05) is 32.7 Å². The van der Waals surface area contributed by atoms with Crippen LogP contribution in [0.1, 0.15) is 27.2 Å². The summed E-state index contributed by atoms with van der Waals surface area (Å²) in [5, 5.41) is 4.51. The molecule has 2 aromatic rings. The van der Waals surface area contributed by atoms with Gasteiger partial charge in [0.15, 0.2) is 0 Å². The molecule has 0 saturated carbocycles. The first-order chi connectivity index (χ1) is 16.0. The van der Waals surface area contributed by atoms with Crippen molar-refractivity contribution in [2.45, 2.75) is 37.6 Å². The lowest BCUT2D eigenvalue weighted by Gasteiger charge is -2.34. The first-order valence-electron chi connectivity index (χ1n) is 11.4. The van der Waals surface area contributed by atoms with Gasteiger partial charge >= 0.3 is 6.03 Å². The molecule has 182 valence electrons. The van der Waals surface area contributed by atoms with Crippen molar-refractivity contribution in [2.24, 2.45) is 5.92 Å². The Hall–Kier alpha value is -2.98. The van der Waals surface area contributed by atoms with Gasteiger partial charge in [0, 0.05) is 26.2 Å². The lowest BCUT2D eigenvalue weighted by Crippen LogP contribution is -2.53. The molecule has 2 aliphatic rings. The van der Waals surface area contributed by atoms with E-state index in [1.54, 1.807) is 25.1 Å². The van der Waals surface area contributed by atoms with Crippen molar-refractivity contribution in [3.8, 4) is 0 Å². The Morgan fingerprint density at radius 3 is 2.32 bits per heavy atom. The van der Waals surface area contributed by atoms with Crippen LogP contribution in [0.5, 0.6) is 0 Å². The third-order valence-electron chi connectivity index (χ3n) is 6.41. The summed E-state index contributed by atoms with van der Waals surface area (Å²) in [7, 11) is -3.70. The number of nitrogens with one attached hydrogen (secondary N) is 1. The van der Waals surface area contributed by atoms with Gasteiger partial charge in [0.1, 0.15) is 12.1 Å². The number of sulfonamides is 1. The molecule has 2 heterocycles. The Labute approximate surface area is 199 Å². The lowest BCUT2D eigenvalue weighted by molar-refractivity contribution is -0.139. The van der Waals surface area contributed by atoms with Gasteiger partial charge in [0.2, 0.25) is 15.9 Å². The Balaban J connectivity index is 1.39. The van der Waals surface area contributed by atoms with E-state index >= 15 is 0 Å². The summed E-state index contributed by atoms with van der Waals surface area (Å²) in [6.45, 7) is 5.92. The number of urea groups is 1. The van der Waals surface area contributed by atoms with E-state index in [0.29, 0.717) is 6.42 Å². The van der Waals surface area contributed by atoms with Crippen molar-refractivity contribution in [3.63, 3.8) is 0 Å². The van der Waals surface area contributed by atoms with E-state index < -0.39 is 27.5 Å². The third-order valence-corrected chi connectivity index (χ3v) is 8.30. The second kappa shape index (κ2) is 8.99. The van der Waals surface area contributed by atoms with E-state index in [4.69, 9.17) is 0 Å². The Morgan fingerprint density at radius 2 is 1.68 bits per heavy atom. The van der Waals surface area contributed by atoms with Crippen LogP contribution in [0.15, 0.2) is 47.4 Å². The molecule has 0 radical (unpaired) electrons. The first kappa shape index (κ1) is 24.2. The molecular weight excluding hydrogens is 456 g/mol. The molecule has 1 unspecified atom stereocenters. The number of fused-ring (bicyclic) bond motifs is 1. The molecule has 2 saturated heterocycles. The summed E-state index contributed by atoms with van der Waals surface area (Å²) < 4.78 is 27.7. The molecule has 0 spiro atoms. The van der Waals surface area contributed by atoms with Crippen molar-refractivity contribution < 1.29 is 22.8 Å². The molecule has 9 nitrogen and oxygen atoms in total. The Morgan fingerprint density at radius 1 is 1.03 bits per heavy atom. The quantitative estimate of drug-likeness (QED) is 0.629. The van der Waals surface area contributed by atoms with E-state index in [0.717, 1.165) is 15.7 Å². The number of carbonyl (C=O) groups is 3. The number of piperazine rings is 1. The Kier molecular flexibility index (Phi) is 6.39. The van der Waals surface area contributed by atoms with Crippen molar-refractivity contribution in [3.05, 3.63) is 42.5 Å². The van der Waals surface area contributed by atoms with Crippen molar-refractivity contribution >= 4 is 38.6 Å². The van der Waals surface area contributed by atoms with Gasteiger partial charge in [-0.25, -0.2) is 13.2 Å². The third kappa shape index (κ3) is 4.52. The summed E-state index contributed by atoms with van der Waals surface area (Å²) in [6.07, 6.45) is 0.480. The molecule has 0 aliphatic carbocycles. The number of amides is 4. The summed E-state index contributed by atoms with van der Waals surface area (Å²) in [6, 6.07) is 12.0. The fourth-order valence-corrected chi connectivity index (χ4v) is 6.19. The first-order valence-corrected chi connectivity index (χ1v) is 12.9. The normalized spacial score (nSPS) is 22.0. The molecule has 10 heteroatoms. The van der Waals surface area contributed by atoms with Crippen molar-refractivity contribution in [1.29, 1.82) is 0 Å². The topological polar surface area (TPSA) is 107 Å². The standard InChI is InChI=1S/C24H30N4O5S/c1-17(2)15-24(3)22(30)28(23(31)25-24)16-21(29)26-10-12-27(13-11-26)34(32,33)20-9-8-18-6-4-5-7-19(18)14-20/h4-9,14,17H,10-13,15-16H2,1-3H3,(H,25,31). The average molecular weight is 487 g/mol. The summed E-state index contributed by atoms with van der Waals surface area (Å²) in [4.78, 5) is 40.7. The molecule has 4 amide bonds. The number of imide groups is 1. The molecule has 0 bridgehead atoms. The molecule has 2 fully saturated rings. The van der Waals surface area contributed by atoms with E-state index in [-0.39, 0.29) is 49.4 Å². The predicted octanol–water partition coefficient (Wildman–Crippen LogP) is 2.03. The van der Waals surface area contributed by atoms with Crippen molar-refractivity contribution in [1.82, 2.24) is 19.4 Å². The number of carbonyl (C=O) groups excluding carboxylic acids is 3. The zero-order chi connectivity index (χ0) is 24.7. The van der Waals surface area contributed by atoms with E-state index in [1.165, 1.54) is 9.21 Å². The van der Waals surface area contributed by atoms with Crippen LogP contribution in [0.4, 0.5) is 4.79 Å². The van der Waals surface area contributed by atoms with Crippen LogP contribution in [-0.4, -0.2) is 78.6 Å². The Bertz CT molecular complexity index is 1240. The number of rotatable bonds is 6. The second-order valence-electron chi connectivity index (χ2n) is 9.55. The second-order valence-corrected chi connectivity index (χ2v) is 11.5. The van der Waals surface area contributed by atoms with Gasteiger partial charge in [0.25, 0.3) is 5.91 Å². The highest BCUT2D eigenvalue weighted by Gasteiger charge is 2.48. The molecule has 0 aromatic heterocycles. The fourth-order valence-electron chi connectivity index (χ4n) is 4.74. The fraction of sp³-hybridized carbons (Fsp3) is 0.458. The van der Waals surface area contributed by atoms with Crippen LogP contribution < -0.4 is 5.32 Å². The molecule has 2 aromatic carbocycles. The molecule has 34 heavy (non-hydrogen) atoms. The van der Waals surface area contributed by atoms with Crippen LogP contribution in [-0.2, 0) is 19.6 Å². The monoisotopic (exact) mass is 486 g/mol. The number of hydrogen-bond donors (Lipinski definition) is 1. The lowest BCUT2D eigenvalue weighted by atomic mass is 9.91. The molecule has 1 N–H and O–H groups in total. The number of nitrogens with zero attached hydrogens (tertiary/aromatic N) is 3. The molecule has 4 rings (SSSR count). The van der Waals surface area contributed by atoms with Crippen LogP contribution in [0.3, 0.4) is 0 Å². The zero-order valence-corrected chi connectivity index (χ0v) is 20.5. The highest BCUT2D eigenvalue weighted by atomic mass is 32.2. The maximum absolute atomic E-state index is 13.1. The van der Waals surface area contributed by atoms with Gasteiger partial charge in [-0.05, 0) is 42.2 Å². The summed E-state index contributed by atoms with van der Waals surface area (Å²) in [5.74, 6) is -0.584. The molecule has 1 atom stereocenters. The van der Waals surface area contributed by atoms with Crippen LogP contribution >= 0.6 is 0 Å². The SMILES string of the molecule is CC(C)CC1(C)NC(=O)N(CC(=O)N2CCN(S(=O)(=O)c3ccc4ccccc4c3)CC2)C1=O. The highest BCUT2D eigenvalue weighted by molar-refractivity contribution is 7.89. The van der Waals surface area contributed by atoms with E-state index in [2.05, 4.69) is 5.32 Å². The van der Waals surface area contributed by atoms with Crippen LogP contribution in [0.2, 0.25) is 0 Å². The summed E-state index contributed by atoms with van der Waals surface area (Å²) >= 11 is 0. The molecular formula is C24H30N4O5S. The van der Waals surface area contributed by atoms with Gasteiger partial charge < -0.3 is 10.2 Å². The van der Waals surface area contributed by atoms with Crippen LogP contribution in [0, 0.1) is 5.92 Å². The van der Waals surface area contributed by atoms with Gasteiger partial charge in [0.05, 0.1) is 4.90 Å².